The van der Waals surface area contributed by atoms with Crippen molar-refractivity contribution in [1.82, 2.24) is 9.88 Å². The van der Waals surface area contributed by atoms with Crippen LogP contribution in [0.5, 0.6) is 5.75 Å². The van der Waals surface area contributed by atoms with Crippen LogP contribution in [0.1, 0.15) is 46.4 Å². The number of anilines is 1. The van der Waals surface area contributed by atoms with E-state index in [0.29, 0.717) is 12.2 Å². The Balaban J connectivity index is 1.21. The number of nitrogens with one attached hydrogen (secondary N) is 1. The molecule has 1 aromatic heterocycles. The lowest BCUT2D eigenvalue weighted by atomic mass is 10.0. The maximum atomic E-state index is 12.9. The molecule has 5 heteroatoms. The zero-order valence-corrected chi connectivity index (χ0v) is 18.8. The van der Waals surface area contributed by atoms with Crippen LogP contribution in [0.3, 0.4) is 0 Å². The molecule has 0 unspecified atom stereocenters. The van der Waals surface area contributed by atoms with E-state index in [1.807, 2.05) is 60.8 Å². The van der Waals surface area contributed by atoms with Crippen molar-refractivity contribution < 1.29 is 9.53 Å². The van der Waals surface area contributed by atoms with Gasteiger partial charge in [-0.15, -0.1) is 0 Å². The fourth-order valence-corrected chi connectivity index (χ4v) is 4.57. The molecule has 0 spiro atoms. The molecule has 33 heavy (non-hydrogen) atoms. The molecular formula is C28H29N3O2. The highest BCUT2D eigenvalue weighted by molar-refractivity contribution is 6.06. The van der Waals surface area contributed by atoms with Gasteiger partial charge in [0.25, 0.3) is 5.91 Å². The molecule has 1 aliphatic carbocycles. The van der Waals surface area contributed by atoms with E-state index in [2.05, 4.69) is 27.3 Å². The SMILES string of the molecule is O=C(Nc1ccccc1C1=Cc2cccnc2C1)c1ccc(OCCN2CCCCC2)cc1. The molecular weight excluding hydrogens is 410 g/mol. The maximum absolute atomic E-state index is 12.9. The number of pyridine rings is 1. The fourth-order valence-electron chi connectivity index (χ4n) is 4.57. The lowest BCUT2D eigenvalue weighted by Crippen LogP contribution is -2.33. The van der Waals surface area contributed by atoms with Crippen LogP contribution in [0.15, 0.2) is 66.9 Å². The van der Waals surface area contributed by atoms with Crippen LogP contribution < -0.4 is 10.1 Å². The molecule has 168 valence electrons. The van der Waals surface area contributed by atoms with Crippen molar-refractivity contribution in [3.05, 3.63) is 89.2 Å². The van der Waals surface area contributed by atoms with E-state index in [9.17, 15) is 4.79 Å². The van der Waals surface area contributed by atoms with Crippen LogP contribution >= 0.6 is 0 Å². The van der Waals surface area contributed by atoms with E-state index in [1.165, 1.54) is 32.4 Å². The smallest absolute Gasteiger partial charge is 0.255 e. The quantitative estimate of drug-likeness (QED) is 0.543. The summed E-state index contributed by atoms with van der Waals surface area (Å²) in [6.07, 6.45) is 8.66. The van der Waals surface area contributed by atoms with Gasteiger partial charge in [-0.25, -0.2) is 0 Å². The van der Waals surface area contributed by atoms with Gasteiger partial charge in [0.2, 0.25) is 0 Å². The van der Waals surface area contributed by atoms with Crippen molar-refractivity contribution in [3.63, 3.8) is 0 Å². The third kappa shape index (κ3) is 5.15. The average Bonchev–Trinajstić information content (AvgIpc) is 3.30. The third-order valence-corrected chi connectivity index (χ3v) is 6.38. The van der Waals surface area contributed by atoms with E-state index in [4.69, 9.17) is 4.74 Å². The summed E-state index contributed by atoms with van der Waals surface area (Å²) in [7, 11) is 0. The van der Waals surface area contributed by atoms with Crippen LogP contribution in [-0.4, -0.2) is 42.0 Å². The number of fused-ring (bicyclic) bond motifs is 1. The summed E-state index contributed by atoms with van der Waals surface area (Å²) in [6, 6.07) is 19.4. The van der Waals surface area contributed by atoms with Gasteiger partial charge in [0, 0.05) is 36.0 Å². The topological polar surface area (TPSA) is 54.5 Å². The standard InChI is InChI=1S/C28H29N3O2/c32-28(21-10-12-24(13-11-21)33-18-17-31-15-4-1-5-16-31)30-26-9-3-2-8-25(26)23-19-22-7-6-14-29-27(22)20-23/h2-3,6-14,19H,1,4-5,15-18,20H2,(H,30,32). The number of likely N-dealkylation sites (tertiary alicyclic amines) is 1. The Labute approximate surface area is 195 Å². The molecule has 0 radical (unpaired) electrons. The molecule has 1 amide bonds. The molecule has 0 saturated carbocycles. The highest BCUT2D eigenvalue weighted by Gasteiger charge is 2.18. The summed E-state index contributed by atoms with van der Waals surface area (Å²) < 4.78 is 5.89. The maximum Gasteiger partial charge on any atom is 0.255 e. The van der Waals surface area contributed by atoms with Crippen LogP contribution in [0, 0.1) is 0 Å². The lowest BCUT2D eigenvalue weighted by Gasteiger charge is -2.26. The van der Waals surface area contributed by atoms with Gasteiger partial charge in [-0.1, -0.05) is 30.7 Å². The molecule has 3 aromatic rings. The summed E-state index contributed by atoms with van der Waals surface area (Å²) >= 11 is 0. The van der Waals surface area contributed by atoms with E-state index >= 15 is 0 Å². The second-order valence-electron chi connectivity index (χ2n) is 8.66. The van der Waals surface area contributed by atoms with E-state index in [-0.39, 0.29) is 5.91 Å². The molecule has 2 heterocycles. The predicted molar refractivity (Wildman–Crippen MR) is 132 cm³/mol. The molecule has 1 N–H and O–H groups in total. The van der Waals surface area contributed by atoms with E-state index < -0.39 is 0 Å². The van der Waals surface area contributed by atoms with Gasteiger partial charge >= 0.3 is 0 Å². The van der Waals surface area contributed by atoms with Gasteiger partial charge in [-0.05, 0) is 79.5 Å². The fraction of sp³-hybridized carbons (Fsp3) is 0.286. The molecule has 5 nitrogen and oxygen atoms in total. The Hall–Kier alpha value is -3.44. The number of amides is 1. The lowest BCUT2D eigenvalue weighted by molar-refractivity contribution is 0.102. The Kier molecular flexibility index (Phi) is 6.49. The van der Waals surface area contributed by atoms with Crippen molar-refractivity contribution >= 4 is 23.2 Å². The number of rotatable bonds is 7. The van der Waals surface area contributed by atoms with Crippen LogP contribution in [0.4, 0.5) is 5.69 Å². The zero-order valence-electron chi connectivity index (χ0n) is 18.8. The number of ether oxygens (including phenoxy) is 1. The summed E-state index contributed by atoms with van der Waals surface area (Å²) in [6.45, 7) is 3.96. The van der Waals surface area contributed by atoms with Crippen molar-refractivity contribution in [1.29, 1.82) is 0 Å². The monoisotopic (exact) mass is 439 g/mol. The van der Waals surface area contributed by atoms with Crippen LogP contribution in [-0.2, 0) is 6.42 Å². The van der Waals surface area contributed by atoms with Crippen molar-refractivity contribution in [2.24, 2.45) is 0 Å². The minimum Gasteiger partial charge on any atom is -0.492 e. The van der Waals surface area contributed by atoms with Crippen LogP contribution in [0.2, 0.25) is 0 Å². The summed E-state index contributed by atoms with van der Waals surface area (Å²) in [5.74, 6) is 0.668. The van der Waals surface area contributed by atoms with Gasteiger partial charge in [-0.2, -0.15) is 0 Å². The van der Waals surface area contributed by atoms with Gasteiger partial charge < -0.3 is 10.1 Å². The Morgan fingerprint density at radius 1 is 0.970 bits per heavy atom. The van der Waals surface area contributed by atoms with Gasteiger partial charge in [0.15, 0.2) is 0 Å². The number of allylic oxidation sites excluding steroid dienone is 1. The number of nitrogens with zero attached hydrogens (tertiary/aromatic N) is 2. The van der Waals surface area contributed by atoms with Crippen LogP contribution in [0.25, 0.3) is 11.6 Å². The first-order valence-electron chi connectivity index (χ1n) is 11.8. The van der Waals surface area contributed by atoms with Crippen molar-refractivity contribution in [3.8, 4) is 5.75 Å². The highest BCUT2D eigenvalue weighted by Crippen LogP contribution is 2.34. The first-order valence-corrected chi connectivity index (χ1v) is 11.8. The number of hydrogen-bond donors (Lipinski definition) is 1. The number of aromatic nitrogens is 1. The molecule has 5 rings (SSSR count). The van der Waals surface area contributed by atoms with Gasteiger partial charge in [0.05, 0.1) is 5.69 Å². The average molecular weight is 440 g/mol. The number of piperidine rings is 1. The molecule has 0 bridgehead atoms. The molecule has 1 fully saturated rings. The number of para-hydroxylation sites is 1. The third-order valence-electron chi connectivity index (χ3n) is 6.38. The minimum atomic E-state index is -0.128. The Morgan fingerprint density at radius 2 is 1.79 bits per heavy atom. The van der Waals surface area contributed by atoms with Gasteiger partial charge in [0.1, 0.15) is 12.4 Å². The molecule has 2 aliphatic rings. The van der Waals surface area contributed by atoms with Crippen molar-refractivity contribution in [2.75, 3.05) is 31.6 Å². The van der Waals surface area contributed by atoms with Crippen molar-refractivity contribution in [2.45, 2.75) is 25.7 Å². The predicted octanol–water partition coefficient (Wildman–Crippen LogP) is 5.30. The summed E-state index contributed by atoms with van der Waals surface area (Å²) in [5, 5.41) is 3.09. The highest BCUT2D eigenvalue weighted by atomic mass is 16.5. The molecule has 1 saturated heterocycles. The molecule has 2 aromatic carbocycles. The number of carbonyl (C=O) groups excluding carboxylic acids is 1. The van der Waals surface area contributed by atoms with E-state index in [1.54, 1.807) is 0 Å². The normalized spacial score (nSPS) is 15.6. The second-order valence-corrected chi connectivity index (χ2v) is 8.66. The Morgan fingerprint density at radius 3 is 2.61 bits per heavy atom. The number of carbonyl (C=O) groups is 1. The van der Waals surface area contributed by atoms with Gasteiger partial charge in [-0.3, -0.25) is 14.7 Å². The zero-order chi connectivity index (χ0) is 22.5. The number of benzene rings is 2. The summed E-state index contributed by atoms with van der Waals surface area (Å²) in [4.78, 5) is 19.9. The minimum absolute atomic E-state index is 0.128. The Bertz CT molecular complexity index is 1150. The summed E-state index contributed by atoms with van der Waals surface area (Å²) in [5.41, 5.74) is 5.83. The first-order chi connectivity index (χ1) is 16.3. The molecule has 1 aliphatic heterocycles. The largest absolute Gasteiger partial charge is 0.492 e. The van der Waals surface area contributed by atoms with E-state index in [0.717, 1.165) is 46.8 Å². The second kappa shape index (κ2) is 10.0. The molecule has 0 atom stereocenters. The first kappa shape index (κ1) is 21.4. The number of hydrogen-bond acceptors (Lipinski definition) is 4.